The molecule has 0 saturated carbocycles. The average Bonchev–Trinajstić information content (AvgIpc) is 3.23. The molecule has 0 unspecified atom stereocenters. The average molecular weight is 419 g/mol. The van der Waals surface area contributed by atoms with Crippen LogP contribution < -0.4 is 4.74 Å². The Morgan fingerprint density at radius 2 is 1.90 bits per heavy atom. The number of ether oxygens (including phenoxy) is 1. The van der Waals surface area contributed by atoms with Crippen LogP contribution in [0.4, 0.5) is 13.2 Å². The maximum Gasteiger partial charge on any atom is 0.420 e. The monoisotopic (exact) mass is 419 g/mol. The van der Waals surface area contributed by atoms with Crippen molar-refractivity contribution >= 4 is 16.8 Å². The zero-order valence-corrected chi connectivity index (χ0v) is 16.9. The first-order valence-corrected chi connectivity index (χ1v) is 9.96. The predicted molar refractivity (Wildman–Crippen MR) is 108 cm³/mol. The number of halogens is 3. The number of carbonyl (C=O) groups excluding carboxylic acids is 1. The van der Waals surface area contributed by atoms with E-state index in [0.717, 1.165) is 29.4 Å². The lowest BCUT2D eigenvalue weighted by Crippen LogP contribution is -2.41. The molecule has 3 heterocycles. The highest BCUT2D eigenvalue weighted by Crippen LogP contribution is 2.36. The second kappa shape index (κ2) is 9.19. The summed E-state index contributed by atoms with van der Waals surface area (Å²) >= 11 is 0. The van der Waals surface area contributed by atoms with E-state index in [0.29, 0.717) is 31.5 Å². The maximum atomic E-state index is 13.1. The summed E-state index contributed by atoms with van der Waals surface area (Å²) in [5.41, 5.74) is 0.640. The van der Waals surface area contributed by atoms with Gasteiger partial charge >= 0.3 is 6.18 Å². The molecule has 8 heteroatoms. The summed E-state index contributed by atoms with van der Waals surface area (Å²) in [5, 5.41) is 1.03. The third kappa shape index (κ3) is 4.75. The summed E-state index contributed by atoms with van der Waals surface area (Å²) in [4.78, 5) is 21.3. The highest BCUT2D eigenvalue weighted by atomic mass is 19.4. The quantitative estimate of drug-likeness (QED) is 0.627. The molecule has 3 aromatic rings. The predicted octanol–water partition coefficient (Wildman–Crippen LogP) is 5.29. The van der Waals surface area contributed by atoms with E-state index in [1.807, 2.05) is 38.2 Å². The fourth-order valence-corrected chi connectivity index (χ4v) is 3.43. The topological polar surface area (TPSA) is 58.2 Å². The van der Waals surface area contributed by atoms with Crippen LogP contribution in [0.25, 0.3) is 10.9 Å². The van der Waals surface area contributed by atoms with Gasteiger partial charge in [-0.3, -0.25) is 9.78 Å². The highest BCUT2D eigenvalue weighted by Gasteiger charge is 2.35. The summed E-state index contributed by atoms with van der Waals surface area (Å²) < 4.78 is 44.8. The van der Waals surface area contributed by atoms with Gasteiger partial charge in [0.25, 0.3) is 5.91 Å². The van der Waals surface area contributed by atoms with E-state index >= 15 is 0 Å². The molecular formula is C22H24F3N3O2. The Morgan fingerprint density at radius 1 is 1.17 bits per heavy atom. The van der Waals surface area contributed by atoms with Crippen LogP contribution in [0.1, 0.15) is 42.6 Å². The first-order valence-electron chi connectivity index (χ1n) is 9.96. The lowest BCUT2D eigenvalue weighted by atomic mass is 10.1. The molecule has 1 aliphatic heterocycles. The van der Waals surface area contributed by atoms with Gasteiger partial charge in [0.1, 0.15) is 17.4 Å². The SMILES string of the molecule is CC.O=C(c1ccc2cc[nH]c2c1)N1CCC(Oc2cnccc2C(F)(F)F)CC1. The number of likely N-dealkylation sites (tertiary alicyclic amines) is 1. The maximum absolute atomic E-state index is 13.1. The lowest BCUT2D eigenvalue weighted by molar-refractivity contribution is -0.139. The van der Waals surface area contributed by atoms with Crippen molar-refractivity contribution in [3.05, 3.63) is 60.0 Å². The van der Waals surface area contributed by atoms with Crippen molar-refractivity contribution in [3.8, 4) is 5.75 Å². The van der Waals surface area contributed by atoms with Crippen LogP contribution in [0.2, 0.25) is 0 Å². The fraction of sp³-hybridized carbons (Fsp3) is 0.364. The smallest absolute Gasteiger partial charge is 0.420 e. The number of fused-ring (bicyclic) bond motifs is 1. The Hall–Kier alpha value is -3.03. The van der Waals surface area contributed by atoms with Crippen LogP contribution in [0, 0.1) is 0 Å². The molecule has 160 valence electrons. The van der Waals surface area contributed by atoms with Gasteiger partial charge in [-0.2, -0.15) is 13.2 Å². The minimum absolute atomic E-state index is 0.0905. The number of amides is 1. The molecule has 1 aliphatic rings. The molecule has 5 nitrogen and oxygen atoms in total. The minimum Gasteiger partial charge on any atom is -0.488 e. The standard InChI is InChI=1S/C20H18F3N3O2.C2H6/c21-20(22,23)16-4-7-24-12-18(16)28-15-5-9-26(10-6-15)19(27)14-2-1-13-3-8-25-17(13)11-14;1-2/h1-4,7-8,11-12,15,25H,5-6,9-10H2;1-2H3. The van der Waals surface area contributed by atoms with Crippen molar-refractivity contribution in [2.24, 2.45) is 0 Å². The van der Waals surface area contributed by atoms with E-state index in [9.17, 15) is 18.0 Å². The summed E-state index contributed by atoms with van der Waals surface area (Å²) in [6, 6.07) is 8.32. The number of hydrogen-bond acceptors (Lipinski definition) is 3. The van der Waals surface area contributed by atoms with Crippen molar-refractivity contribution in [1.29, 1.82) is 0 Å². The number of pyridine rings is 1. The van der Waals surface area contributed by atoms with Crippen LogP contribution >= 0.6 is 0 Å². The third-order valence-corrected chi connectivity index (χ3v) is 4.91. The number of aromatic nitrogens is 2. The van der Waals surface area contributed by atoms with Gasteiger partial charge < -0.3 is 14.6 Å². The van der Waals surface area contributed by atoms with Gasteiger partial charge in [0, 0.05) is 49.4 Å². The van der Waals surface area contributed by atoms with Gasteiger partial charge in [-0.1, -0.05) is 19.9 Å². The fourth-order valence-electron chi connectivity index (χ4n) is 3.43. The van der Waals surface area contributed by atoms with Crippen LogP contribution in [-0.2, 0) is 6.18 Å². The van der Waals surface area contributed by atoms with E-state index in [-0.39, 0.29) is 17.8 Å². The number of aromatic amines is 1. The molecule has 4 rings (SSSR count). The molecule has 30 heavy (non-hydrogen) atoms. The zero-order chi connectivity index (χ0) is 21.7. The molecule has 0 aliphatic carbocycles. The largest absolute Gasteiger partial charge is 0.488 e. The highest BCUT2D eigenvalue weighted by molar-refractivity contribution is 5.98. The van der Waals surface area contributed by atoms with Gasteiger partial charge in [-0.05, 0) is 29.7 Å². The van der Waals surface area contributed by atoms with E-state index in [1.54, 1.807) is 11.0 Å². The molecule has 1 N–H and O–H groups in total. The van der Waals surface area contributed by atoms with E-state index in [1.165, 1.54) is 0 Å². The molecule has 1 fully saturated rings. The molecule has 2 aromatic heterocycles. The number of alkyl halides is 3. The molecular weight excluding hydrogens is 395 g/mol. The van der Waals surface area contributed by atoms with Crippen molar-refractivity contribution in [2.75, 3.05) is 13.1 Å². The van der Waals surface area contributed by atoms with Crippen molar-refractivity contribution in [1.82, 2.24) is 14.9 Å². The molecule has 1 aromatic carbocycles. The van der Waals surface area contributed by atoms with Crippen molar-refractivity contribution in [3.63, 3.8) is 0 Å². The first kappa shape index (κ1) is 21.7. The number of benzene rings is 1. The summed E-state index contributed by atoms with van der Waals surface area (Å²) in [5.74, 6) is -0.357. The summed E-state index contributed by atoms with van der Waals surface area (Å²) in [6.07, 6.45) is 0.0379. The molecule has 0 spiro atoms. The number of nitrogens with one attached hydrogen (secondary N) is 1. The molecule has 1 amide bonds. The van der Waals surface area contributed by atoms with E-state index in [2.05, 4.69) is 9.97 Å². The van der Waals surface area contributed by atoms with Crippen LogP contribution in [0.3, 0.4) is 0 Å². The third-order valence-electron chi connectivity index (χ3n) is 4.91. The Labute approximate surface area is 172 Å². The normalized spacial score (nSPS) is 14.9. The Morgan fingerprint density at radius 3 is 2.60 bits per heavy atom. The first-order chi connectivity index (χ1) is 14.4. The van der Waals surface area contributed by atoms with E-state index < -0.39 is 11.7 Å². The second-order valence-electron chi connectivity index (χ2n) is 6.76. The van der Waals surface area contributed by atoms with Gasteiger partial charge in [-0.25, -0.2) is 0 Å². The zero-order valence-electron chi connectivity index (χ0n) is 16.9. The van der Waals surface area contributed by atoms with Gasteiger partial charge in [0.15, 0.2) is 0 Å². The summed E-state index contributed by atoms with van der Waals surface area (Å²) in [6.45, 7) is 4.85. The number of rotatable bonds is 3. The Kier molecular flexibility index (Phi) is 6.64. The number of H-pyrrole nitrogens is 1. The van der Waals surface area contributed by atoms with Crippen molar-refractivity contribution < 1.29 is 22.7 Å². The number of piperidine rings is 1. The van der Waals surface area contributed by atoms with Crippen LogP contribution in [-0.4, -0.2) is 40.0 Å². The molecule has 0 bridgehead atoms. The van der Waals surface area contributed by atoms with Gasteiger partial charge in [-0.15, -0.1) is 0 Å². The second-order valence-corrected chi connectivity index (χ2v) is 6.76. The van der Waals surface area contributed by atoms with E-state index in [4.69, 9.17) is 4.74 Å². The van der Waals surface area contributed by atoms with Crippen molar-refractivity contribution in [2.45, 2.75) is 39.0 Å². The number of hydrogen-bond donors (Lipinski definition) is 1. The number of nitrogens with zero attached hydrogens (tertiary/aromatic N) is 2. The minimum atomic E-state index is -4.49. The molecule has 0 atom stereocenters. The van der Waals surface area contributed by atoms with Crippen LogP contribution in [0.15, 0.2) is 48.9 Å². The van der Waals surface area contributed by atoms with Gasteiger partial charge in [0.05, 0.1) is 6.20 Å². The van der Waals surface area contributed by atoms with Crippen LogP contribution in [0.5, 0.6) is 5.75 Å². The Bertz CT molecular complexity index is 992. The lowest BCUT2D eigenvalue weighted by Gasteiger charge is -2.32. The summed E-state index contributed by atoms with van der Waals surface area (Å²) in [7, 11) is 0. The van der Waals surface area contributed by atoms with Gasteiger partial charge in [0.2, 0.25) is 0 Å². The Balaban J connectivity index is 0.00000124. The molecule has 0 radical (unpaired) electrons. The molecule has 1 saturated heterocycles. The number of carbonyl (C=O) groups is 1.